The third kappa shape index (κ3) is 5.50. The molecule has 0 aliphatic carbocycles. The first kappa shape index (κ1) is 22.5. The Morgan fingerprint density at radius 1 is 1.19 bits per heavy atom. The number of benzene rings is 2. The highest BCUT2D eigenvalue weighted by molar-refractivity contribution is 7.18. The molecule has 0 radical (unpaired) electrons. The van der Waals surface area contributed by atoms with Gasteiger partial charge >= 0.3 is 0 Å². The molecule has 3 N–H and O–H groups in total. The molecule has 3 aromatic rings. The third-order valence-electron chi connectivity index (χ3n) is 4.32. The number of ether oxygens (including phenoxy) is 2. The van der Waals surface area contributed by atoms with Gasteiger partial charge in [-0.1, -0.05) is 61.1 Å². The molecule has 2 aromatic carbocycles. The molecule has 162 valence electrons. The third-order valence-corrected chi connectivity index (χ3v) is 5.49. The maximum absolute atomic E-state index is 12.7. The summed E-state index contributed by atoms with van der Waals surface area (Å²) in [4.78, 5) is 23.6. The maximum Gasteiger partial charge on any atom is 0.257 e. The van der Waals surface area contributed by atoms with Crippen molar-refractivity contribution in [2.75, 3.05) is 19.0 Å². The van der Waals surface area contributed by atoms with Gasteiger partial charge in [0, 0.05) is 11.1 Å². The smallest absolute Gasteiger partial charge is 0.257 e. The van der Waals surface area contributed by atoms with E-state index >= 15 is 0 Å². The molecule has 8 nitrogen and oxygen atoms in total. The molecule has 10 heteroatoms. The number of carbonyl (C=O) groups excluding carboxylic acids is 2. The summed E-state index contributed by atoms with van der Waals surface area (Å²) in [5.74, 6) is -0.343. The SMILES string of the molecule is COc1cc(C(=O)Nc2nnc(-c3ccc(C(C)C)cc3)s2)cc(Cl)c1OCC(N)=O. The minimum absolute atomic E-state index is 0.106. The van der Waals surface area contributed by atoms with Gasteiger partial charge in [-0.05, 0) is 23.6 Å². The molecule has 0 bridgehead atoms. The highest BCUT2D eigenvalue weighted by Gasteiger charge is 2.18. The van der Waals surface area contributed by atoms with Crippen molar-refractivity contribution >= 4 is 39.9 Å². The predicted molar refractivity (Wildman–Crippen MR) is 120 cm³/mol. The molecule has 0 unspecified atom stereocenters. The van der Waals surface area contributed by atoms with Crippen LogP contribution in [0.2, 0.25) is 5.02 Å². The van der Waals surface area contributed by atoms with E-state index in [1.165, 1.54) is 36.1 Å². The highest BCUT2D eigenvalue weighted by Crippen LogP contribution is 2.37. The van der Waals surface area contributed by atoms with Crippen LogP contribution in [0.3, 0.4) is 0 Å². The van der Waals surface area contributed by atoms with E-state index in [-0.39, 0.29) is 28.7 Å². The number of carbonyl (C=O) groups is 2. The summed E-state index contributed by atoms with van der Waals surface area (Å²) in [5.41, 5.74) is 7.47. The van der Waals surface area contributed by atoms with Crippen molar-refractivity contribution in [1.29, 1.82) is 0 Å². The fraction of sp³-hybridized carbons (Fsp3) is 0.238. The summed E-state index contributed by atoms with van der Waals surface area (Å²) >= 11 is 7.46. The summed E-state index contributed by atoms with van der Waals surface area (Å²) in [7, 11) is 1.39. The number of rotatable bonds is 8. The van der Waals surface area contributed by atoms with Crippen LogP contribution in [-0.4, -0.2) is 35.7 Å². The number of amides is 2. The van der Waals surface area contributed by atoms with E-state index in [9.17, 15) is 9.59 Å². The molecule has 0 aliphatic rings. The minimum Gasteiger partial charge on any atom is -0.493 e. The zero-order chi connectivity index (χ0) is 22.5. The lowest BCUT2D eigenvalue weighted by Gasteiger charge is -2.13. The van der Waals surface area contributed by atoms with Crippen molar-refractivity contribution < 1.29 is 19.1 Å². The second-order valence-electron chi connectivity index (χ2n) is 6.89. The quantitative estimate of drug-likeness (QED) is 0.522. The zero-order valence-electron chi connectivity index (χ0n) is 17.1. The Morgan fingerprint density at radius 2 is 1.90 bits per heavy atom. The van der Waals surface area contributed by atoms with Gasteiger partial charge in [0.1, 0.15) is 5.01 Å². The average molecular weight is 461 g/mol. The van der Waals surface area contributed by atoms with Gasteiger partial charge in [0.15, 0.2) is 18.1 Å². The molecule has 0 spiro atoms. The number of anilines is 1. The Morgan fingerprint density at radius 3 is 2.52 bits per heavy atom. The number of nitrogens with zero attached hydrogens (tertiary/aromatic N) is 2. The average Bonchev–Trinajstić information content (AvgIpc) is 3.20. The van der Waals surface area contributed by atoms with Crippen molar-refractivity contribution in [3.05, 3.63) is 52.5 Å². The number of halogens is 1. The first-order valence-electron chi connectivity index (χ1n) is 9.32. The lowest BCUT2D eigenvalue weighted by atomic mass is 10.0. The summed E-state index contributed by atoms with van der Waals surface area (Å²) in [6.07, 6.45) is 0. The summed E-state index contributed by atoms with van der Waals surface area (Å²) in [5, 5.41) is 12.0. The van der Waals surface area contributed by atoms with Crippen LogP contribution in [0.5, 0.6) is 11.5 Å². The van der Waals surface area contributed by atoms with Crippen LogP contribution in [0, 0.1) is 0 Å². The second kappa shape index (κ2) is 9.76. The van der Waals surface area contributed by atoms with Crippen LogP contribution < -0.4 is 20.5 Å². The molecule has 1 aromatic heterocycles. The normalized spacial score (nSPS) is 10.7. The summed E-state index contributed by atoms with van der Waals surface area (Å²) in [6.45, 7) is 3.89. The molecule has 0 fully saturated rings. The molecule has 1 heterocycles. The first-order chi connectivity index (χ1) is 14.8. The standard InChI is InChI=1S/C21H21ClN4O4S/c1-11(2)12-4-6-13(7-5-12)20-25-26-21(31-20)24-19(28)14-8-15(22)18(16(9-14)29-3)30-10-17(23)27/h4-9,11H,10H2,1-3H3,(H2,23,27)(H,24,26,28). The van der Waals surface area contributed by atoms with Gasteiger partial charge < -0.3 is 15.2 Å². The van der Waals surface area contributed by atoms with E-state index in [1.807, 2.05) is 12.1 Å². The number of hydrogen-bond donors (Lipinski definition) is 2. The van der Waals surface area contributed by atoms with E-state index in [2.05, 4.69) is 41.5 Å². The molecule has 2 amide bonds. The molecule has 0 saturated carbocycles. The number of aromatic nitrogens is 2. The fourth-order valence-electron chi connectivity index (χ4n) is 2.70. The maximum atomic E-state index is 12.7. The van der Waals surface area contributed by atoms with Gasteiger partial charge in [-0.3, -0.25) is 14.9 Å². The molecular formula is C21H21ClN4O4S. The molecule has 0 aliphatic heterocycles. The van der Waals surface area contributed by atoms with Crippen LogP contribution in [0.4, 0.5) is 5.13 Å². The lowest BCUT2D eigenvalue weighted by Crippen LogP contribution is -2.20. The number of nitrogens with one attached hydrogen (secondary N) is 1. The summed E-state index contributed by atoms with van der Waals surface area (Å²) in [6, 6.07) is 10.9. The lowest BCUT2D eigenvalue weighted by molar-refractivity contribution is -0.119. The van der Waals surface area contributed by atoms with Crippen molar-refractivity contribution in [3.8, 4) is 22.1 Å². The van der Waals surface area contributed by atoms with E-state index < -0.39 is 11.8 Å². The van der Waals surface area contributed by atoms with Crippen LogP contribution >= 0.6 is 22.9 Å². The van der Waals surface area contributed by atoms with Crippen LogP contribution in [0.1, 0.15) is 35.7 Å². The van der Waals surface area contributed by atoms with Gasteiger partial charge in [0.2, 0.25) is 5.13 Å². The largest absolute Gasteiger partial charge is 0.493 e. The Labute approximate surface area is 188 Å². The van der Waals surface area contributed by atoms with E-state index in [0.29, 0.717) is 16.1 Å². The van der Waals surface area contributed by atoms with Gasteiger partial charge in [0.25, 0.3) is 11.8 Å². The Kier molecular flexibility index (Phi) is 7.09. The van der Waals surface area contributed by atoms with Crippen molar-refractivity contribution in [2.45, 2.75) is 19.8 Å². The first-order valence-corrected chi connectivity index (χ1v) is 10.5. The minimum atomic E-state index is -0.661. The number of primary amides is 1. The zero-order valence-corrected chi connectivity index (χ0v) is 18.7. The number of nitrogens with two attached hydrogens (primary N) is 1. The Hall–Kier alpha value is -3.17. The number of hydrogen-bond acceptors (Lipinski definition) is 7. The second-order valence-corrected chi connectivity index (χ2v) is 8.27. The van der Waals surface area contributed by atoms with Gasteiger partial charge in [-0.25, -0.2) is 0 Å². The van der Waals surface area contributed by atoms with E-state index in [0.717, 1.165) is 5.56 Å². The highest BCUT2D eigenvalue weighted by atomic mass is 35.5. The number of methoxy groups -OCH3 is 1. The molecular weight excluding hydrogens is 440 g/mol. The Bertz CT molecular complexity index is 1100. The van der Waals surface area contributed by atoms with Crippen molar-refractivity contribution in [3.63, 3.8) is 0 Å². The van der Waals surface area contributed by atoms with Crippen LogP contribution in [-0.2, 0) is 4.79 Å². The van der Waals surface area contributed by atoms with Gasteiger partial charge in [-0.2, -0.15) is 0 Å². The molecule has 0 saturated heterocycles. The molecule has 31 heavy (non-hydrogen) atoms. The monoisotopic (exact) mass is 460 g/mol. The molecule has 0 atom stereocenters. The van der Waals surface area contributed by atoms with Gasteiger partial charge in [0.05, 0.1) is 12.1 Å². The van der Waals surface area contributed by atoms with Crippen LogP contribution in [0.25, 0.3) is 10.6 Å². The molecule has 3 rings (SSSR count). The predicted octanol–water partition coefficient (Wildman–Crippen LogP) is 4.11. The van der Waals surface area contributed by atoms with E-state index in [4.69, 9.17) is 26.8 Å². The van der Waals surface area contributed by atoms with Gasteiger partial charge in [-0.15, -0.1) is 10.2 Å². The van der Waals surface area contributed by atoms with E-state index in [1.54, 1.807) is 0 Å². The summed E-state index contributed by atoms with van der Waals surface area (Å²) < 4.78 is 10.5. The fourth-order valence-corrected chi connectivity index (χ4v) is 3.71. The Balaban J connectivity index is 1.76. The topological polar surface area (TPSA) is 116 Å². The van der Waals surface area contributed by atoms with Crippen LogP contribution in [0.15, 0.2) is 36.4 Å². The van der Waals surface area contributed by atoms with Crippen molar-refractivity contribution in [2.24, 2.45) is 5.73 Å². The van der Waals surface area contributed by atoms with Crippen molar-refractivity contribution in [1.82, 2.24) is 10.2 Å².